The van der Waals surface area contributed by atoms with Crippen molar-refractivity contribution >= 4 is 17.7 Å². The fraction of sp³-hybridized carbons (Fsp3) is 0.833. The van der Waals surface area contributed by atoms with Crippen LogP contribution < -0.4 is 0 Å². The van der Waals surface area contributed by atoms with Crippen molar-refractivity contribution in [1.29, 1.82) is 0 Å². The molecular formula is C18H29N3O3. The second kappa shape index (κ2) is 7.53. The third kappa shape index (κ3) is 3.90. The number of hydrogen-bond donors (Lipinski definition) is 0. The van der Waals surface area contributed by atoms with Crippen molar-refractivity contribution in [2.75, 3.05) is 39.8 Å². The normalized spacial score (nSPS) is 26.9. The molecule has 134 valence electrons. The Morgan fingerprint density at radius 1 is 1.00 bits per heavy atom. The van der Waals surface area contributed by atoms with Crippen LogP contribution in [0.25, 0.3) is 0 Å². The van der Waals surface area contributed by atoms with Crippen LogP contribution in [0.4, 0.5) is 0 Å². The van der Waals surface area contributed by atoms with Crippen LogP contribution in [-0.2, 0) is 14.4 Å². The van der Waals surface area contributed by atoms with Gasteiger partial charge in [-0.25, -0.2) is 0 Å². The SMILES string of the molecule is CN1CCC(C(=O)N2CCC(CN3CCCCC3=O)CC2)CC1=O. The number of likely N-dealkylation sites (tertiary alicyclic amines) is 3. The van der Waals surface area contributed by atoms with Crippen molar-refractivity contribution in [3.63, 3.8) is 0 Å². The van der Waals surface area contributed by atoms with E-state index in [0.29, 0.717) is 31.2 Å². The summed E-state index contributed by atoms with van der Waals surface area (Å²) in [5.74, 6) is 0.913. The molecule has 3 saturated heterocycles. The molecule has 24 heavy (non-hydrogen) atoms. The van der Waals surface area contributed by atoms with E-state index in [1.54, 1.807) is 11.9 Å². The van der Waals surface area contributed by atoms with Gasteiger partial charge >= 0.3 is 0 Å². The molecule has 3 aliphatic heterocycles. The molecule has 1 unspecified atom stereocenters. The number of piperidine rings is 3. The molecule has 0 radical (unpaired) electrons. The molecule has 6 nitrogen and oxygen atoms in total. The van der Waals surface area contributed by atoms with E-state index < -0.39 is 0 Å². The van der Waals surface area contributed by atoms with Gasteiger partial charge in [-0.15, -0.1) is 0 Å². The highest BCUT2D eigenvalue weighted by Crippen LogP contribution is 2.25. The van der Waals surface area contributed by atoms with Crippen molar-refractivity contribution in [1.82, 2.24) is 14.7 Å². The zero-order valence-electron chi connectivity index (χ0n) is 14.7. The summed E-state index contributed by atoms with van der Waals surface area (Å²) in [5.41, 5.74) is 0. The maximum Gasteiger partial charge on any atom is 0.226 e. The minimum absolute atomic E-state index is 0.0816. The molecule has 3 rings (SSSR count). The van der Waals surface area contributed by atoms with Crippen molar-refractivity contribution < 1.29 is 14.4 Å². The van der Waals surface area contributed by atoms with Gasteiger partial charge in [-0.1, -0.05) is 0 Å². The summed E-state index contributed by atoms with van der Waals surface area (Å²) in [6.45, 7) is 3.98. The molecule has 0 aromatic carbocycles. The highest BCUT2D eigenvalue weighted by molar-refractivity contribution is 5.87. The summed E-state index contributed by atoms with van der Waals surface area (Å²) in [5, 5.41) is 0. The lowest BCUT2D eigenvalue weighted by atomic mass is 9.91. The summed E-state index contributed by atoms with van der Waals surface area (Å²) >= 11 is 0. The smallest absolute Gasteiger partial charge is 0.226 e. The van der Waals surface area contributed by atoms with Gasteiger partial charge in [-0.3, -0.25) is 14.4 Å². The first kappa shape index (κ1) is 17.2. The molecule has 3 amide bonds. The Labute approximate surface area is 144 Å². The largest absolute Gasteiger partial charge is 0.346 e. The molecule has 0 saturated carbocycles. The lowest BCUT2D eigenvalue weighted by Crippen LogP contribution is -2.48. The summed E-state index contributed by atoms with van der Waals surface area (Å²) < 4.78 is 0. The van der Waals surface area contributed by atoms with E-state index in [9.17, 15) is 14.4 Å². The molecule has 3 aliphatic rings. The summed E-state index contributed by atoms with van der Waals surface area (Å²) in [4.78, 5) is 42.1. The second-order valence-electron chi connectivity index (χ2n) is 7.57. The van der Waals surface area contributed by atoms with Crippen LogP contribution >= 0.6 is 0 Å². The first-order valence-electron chi connectivity index (χ1n) is 9.35. The van der Waals surface area contributed by atoms with Gasteiger partial charge in [0.1, 0.15) is 0 Å². The van der Waals surface area contributed by atoms with Crippen LogP contribution in [0.15, 0.2) is 0 Å². The van der Waals surface area contributed by atoms with Gasteiger partial charge in [0.15, 0.2) is 0 Å². The molecule has 0 bridgehead atoms. The molecule has 0 N–H and O–H groups in total. The third-order valence-corrected chi connectivity index (χ3v) is 5.84. The molecule has 0 spiro atoms. The van der Waals surface area contributed by atoms with Crippen molar-refractivity contribution in [3.8, 4) is 0 Å². The van der Waals surface area contributed by atoms with E-state index in [-0.39, 0.29) is 17.7 Å². The van der Waals surface area contributed by atoms with E-state index in [1.807, 2.05) is 9.80 Å². The van der Waals surface area contributed by atoms with E-state index in [4.69, 9.17) is 0 Å². The lowest BCUT2D eigenvalue weighted by Gasteiger charge is -2.38. The van der Waals surface area contributed by atoms with E-state index in [1.165, 1.54) is 0 Å². The zero-order chi connectivity index (χ0) is 17.1. The second-order valence-corrected chi connectivity index (χ2v) is 7.57. The first-order chi connectivity index (χ1) is 11.5. The number of nitrogens with zero attached hydrogens (tertiary/aromatic N) is 3. The molecule has 3 heterocycles. The summed E-state index contributed by atoms with van der Waals surface area (Å²) in [6, 6.07) is 0. The van der Waals surface area contributed by atoms with Gasteiger partial charge in [0, 0.05) is 58.5 Å². The average Bonchev–Trinajstić information content (AvgIpc) is 2.59. The van der Waals surface area contributed by atoms with Gasteiger partial charge in [-0.05, 0) is 38.0 Å². The van der Waals surface area contributed by atoms with Crippen molar-refractivity contribution in [2.45, 2.75) is 44.9 Å². The number of rotatable bonds is 3. The number of amides is 3. The molecule has 3 fully saturated rings. The minimum atomic E-state index is -0.131. The maximum absolute atomic E-state index is 12.6. The average molecular weight is 335 g/mol. The quantitative estimate of drug-likeness (QED) is 0.776. The number of carbonyl (C=O) groups excluding carboxylic acids is 3. The Morgan fingerprint density at radius 3 is 2.42 bits per heavy atom. The molecule has 1 atom stereocenters. The summed E-state index contributed by atoms with van der Waals surface area (Å²) in [6.07, 6.45) is 5.92. The highest BCUT2D eigenvalue weighted by atomic mass is 16.2. The predicted octanol–water partition coefficient (Wildman–Crippen LogP) is 1.11. The van der Waals surface area contributed by atoms with Gasteiger partial charge < -0.3 is 14.7 Å². The summed E-state index contributed by atoms with van der Waals surface area (Å²) in [7, 11) is 1.80. The van der Waals surface area contributed by atoms with Crippen LogP contribution in [0.2, 0.25) is 0 Å². The van der Waals surface area contributed by atoms with Crippen LogP contribution in [0.1, 0.15) is 44.9 Å². The monoisotopic (exact) mass is 335 g/mol. The Hall–Kier alpha value is -1.59. The lowest BCUT2D eigenvalue weighted by molar-refractivity contribution is -0.145. The van der Waals surface area contributed by atoms with Gasteiger partial charge in [0.2, 0.25) is 17.7 Å². The van der Waals surface area contributed by atoms with E-state index in [2.05, 4.69) is 0 Å². The van der Waals surface area contributed by atoms with Gasteiger partial charge in [0.25, 0.3) is 0 Å². The van der Waals surface area contributed by atoms with E-state index in [0.717, 1.165) is 58.3 Å². The maximum atomic E-state index is 12.6. The number of carbonyl (C=O) groups is 3. The fourth-order valence-corrected chi connectivity index (χ4v) is 4.11. The van der Waals surface area contributed by atoms with Crippen LogP contribution in [0.3, 0.4) is 0 Å². The van der Waals surface area contributed by atoms with Crippen LogP contribution in [0, 0.1) is 11.8 Å². The van der Waals surface area contributed by atoms with Crippen molar-refractivity contribution in [3.05, 3.63) is 0 Å². The standard InChI is InChI=1S/C18H29N3O3/c1-19-9-7-15(12-17(19)23)18(24)20-10-5-14(6-11-20)13-21-8-3-2-4-16(21)22/h14-15H,2-13H2,1H3. The third-order valence-electron chi connectivity index (χ3n) is 5.84. The fourth-order valence-electron chi connectivity index (χ4n) is 4.11. The molecular weight excluding hydrogens is 306 g/mol. The van der Waals surface area contributed by atoms with Crippen LogP contribution in [0.5, 0.6) is 0 Å². The van der Waals surface area contributed by atoms with Crippen molar-refractivity contribution in [2.24, 2.45) is 11.8 Å². The Balaban J connectivity index is 1.45. The van der Waals surface area contributed by atoms with Gasteiger partial charge in [-0.2, -0.15) is 0 Å². The van der Waals surface area contributed by atoms with Crippen LogP contribution in [-0.4, -0.2) is 72.2 Å². The topological polar surface area (TPSA) is 60.9 Å². The Bertz CT molecular complexity index is 500. The number of hydrogen-bond acceptors (Lipinski definition) is 3. The first-order valence-corrected chi connectivity index (χ1v) is 9.35. The minimum Gasteiger partial charge on any atom is -0.346 e. The van der Waals surface area contributed by atoms with Gasteiger partial charge in [0.05, 0.1) is 0 Å². The predicted molar refractivity (Wildman–Crippen MR) is 90.1 cm³/mol. The zero-order valence-corrected chi connectivity index (χ0v) is 14.7. The molecule has 6 heteroatoms. The Morgan fingerprint density at radius 2 is 1.75 bits per heavy atom. The Kier molecular flexibility index (Phi) is 5.41. The molecule has 0 aromatic rings. The molecule has 0 aliphatic carbocycles. The molecule has 0 aromatic heterocycles. The van der Waals surface area contributed by atoms with E-state index >= 15 is 0 Å². The highest BCUT2D eigenvalue weighted by Gasteiger charge is 2.33.